The van der Waals surface area contributed by atoms with E-state index in [4.69, 9.17) is 16.3 Å². The van der Waals surface area contributed by atoms with E-state index in [-0.39, 0.29) is 23.8 Å². The van der Waals surface area contributed by atoms with E-state index < -0.39 is 0 Å². The van der Waals surface area contributed by atoms with Crippen molar-refractivity contribution in [1.82, 2.24) is 9.88 Å². The van der Waals surface area contributed by atoms with Crippen molar-refractivity contribution in [2.24, 2.45) is 0 Å². The normalized spacial score (nSPS) is 14.0. The first-order valence-corrected chi connectivity index (χ1v) is 11.1. The van der Waals surface area contributed by atoms with Gasteiger partial charge in [-0.2, -0.15) is 0 Å². The third-order valence-corrected chi connectivity index (χ3v) is 5.99. The van der Waals surface area contributed by atoms with Gasteiger partial charge in [-0.25, -0.2) is 4.98 Å². The van der Waals surface area contributed by atoms with Crippen LogP contribution < -0.4 is 4.74 Å². The first-order valence-electron chi connectivity index (χ1n) is 10.7. The zero-order valence-electron chi connectivity index (χ0n) is 19.1. The number of fused-ring (bicyclic) bond motifs is 1. The number of amides is 2. The second kappa shape index (κ2) is 8.83. The van der Waals surface area contributed by atoms with Gasteiger partial charge in [0.1, 0.15) is 5.02 Å². The van der Waals surface area contributed by atoms with Gasteiger partial charge in [-0.1, -0.05) is 74.8 Å². The number of carbonyl (C=O) groups excluding carboxylic acids is 2. The van der Waals surface area contributed by atoms with Crippen molar-refractivity contribution in [1.29, 1.82) is 0 Å². The molecule has 0 saturated carbocycles. The summed E-state index contributed by atoms with van der Waals surface area (Å²) in [6, 6.07) is 18.6. The number of pyridine rings is 1. The second-order valence-corrected chi connectivity index (χ2v) is 9.31. The lowest BCUT2D eigenvalue weighted by Crippen LogP contribution is -2.30. The number of imide groups is 1. The Kier molecular flexibility index (Phi) is 6.09. The average molecular weight is 461 g/mol. The molecule has 33 heavy (non-hydrogen) atoms. The lowest BCUT2D eigenvalue weighted by atomic mass is 9.86. The maximum absolute atomic E-state index is 12.8. The van der Waals surface area contributed by atoms with Gasteiger partial charge >= 0.3 is 0 Å². The maximum Gasteiger partial charge on any atom is 0.261 e. The van der Waals surface area contributed by atoms with Crippen LogP contribution in [0.4, 0.5) is 0 Å². The highest BCUT2D eigenvalue weighted by atomic mass is 35.5. The van der Waals surface area contributed by atoms with Gasteiger partial charge in [-0.05, 0) is 40.8 Å². The molecule has 0 bridgehead atoms. The highest BCUT2D eigenvalue weighted by Crippen LogP contribution is 2.31. The van der Waals surface area contributed by atoms with E-state index >= 15 is 0 Å². The van der Waals surface area contributed by atoms with E-state index in [2.05, 4.69) is 37.9 Å². The summed E-state index contributed by atoms with van der Waals surface area (Å²) in [6.45, 7) is 6.60. The quantitative estimate of drug-likeness (QED) is 0.453. The number of methoxy groups -OCH3 is 1. The standard InChI is InChI=1S/C27H25ClN2O3/c1-27(2,3)18-11-9-17(10-12-18)19(23-14-13-22(28)24(29-23)33-4)15-16-30-25(31)20-7-5-6-8-21(20)26(30)32/h5-15H,16H2,1-4H3/b19-15+. The Balaban J connectivity index is 1.74. The van der Waals surface area contributed by atoms with Gasteiger partial charge in [-0.3, -0.25) is 14.5 Å². The number of halogens is 1. The molecular formula is C27H25ClN2O3. The summed E-state index contributed by atoms with van der Waals surface area (Å²) in [5, 5.41) is 0.407. The summed E-state index contributed by atoms with van der Waals surface area (Å²) in [5.41, 5.74) is 4.41. The number of aromatic nitrogens is 1. The van der Waals surface area contributed by atoms with Gasteiger partial charge in [0.05, 0.1) is 23.9 Å². The molecule has 0 radical (unpaired) electrons. The Hall–Kier alpha value is -3.44. The van der Waals surface area contributed by atoms with E-state index in [0.717, 1.165) is 11.1 Å². The van der Waals surface area contributed by atoms with Crippen LogP contribution in [0.15, 0.2) is 66.7 Å². The van der Waals surface area contributed by atoms with Crippen LogP contribution in [-0.4, -0.2) is 35.4 Å². The van der Waals surface area contributed by atoms with E-state index in [0.29, 0.717) is 27.7 Å². The summed E-state index contributed by atoms with van der Waals surface area (Å²) < 4.78 is 5.30. The van der Waals surface area contributed by atoms with Gasteiger partial charge in [0.2, 0.25) is 5.88 Å². The number of carbonyl (C=O) groups is 2. The van der Waals surface area contributed by atoms with Crippen molar-refractivity contribution in [3.63, 3.8) is 0 Å². The Bertz CT molecular complexity index is 1220. The Morgan fingerprint density at radius 3 is 2.12 bits per heavy atom. The molecule has 168 valence electrons. The highest BCUT2D eigenvalue weighted by molar-refractivity contribution is 6.31. The third-order valence-electron chi connectivity index (χ3n) is 5.70. The number of ether oxygens (including phenoxy) is 1. The zero-order chi connectivity index (χ0) is 23.8. The van der Waals surface area contributed by atoms with Gasteiger partial charge in [0.15, 0.2) is 0 Å². The van der Waals surface area contributed by atoms with Gasteiger partial charge < -0.3 is 4.74 Å². The summed E-state index contributed by atoms with van der Waals surface area (Å²) >= 11 is 6.18. The summed E-state index contributed by atoms with van der Waals surface area (Å²) in [7, 11) is 1.51. The number of hydrogen-bond acceptors (Lipinski definition) is 4. The first-order chi connectivity index (χ1) is 15.7. The van der Waals surface area contributed by atoms with Crippen molar-refractivity contribution < 1.29 is 14.3 Å². The number of nitrogens with zero attached hydrogens (tertiary/aromatic N) is 2. The molecule has 6 heteroatoms. The van der Waals surface area contributed by atoms with Crippen LogP contribution in [0.1, 0.15) is 58.3 Å². The largest absolute Gasteiger partial charge is 0.480 e. The number of benzene rings is 2. The fraction of sp³-hybridized carbons (Fsp3) is 0.222. The fourth-order valence-corrected chi connectivity index (χ4v) is 4.01. The van der Waals surface area contributed by atoms with Crippen LogP contribution in [-0.2, 0) is 5.41 Å². The molecule has 0 spiro atoms. The van der Waals surface area contributed by atoms with Crippen LogP contribution >= 0.6 is 11.6 Å². The second-order valence-electron chi connectivity index (χ2n) is 8.90. The zero-order valence-corrected chi connectivity index (χ0v) is 19.8. The van der Waals surface area contributed by atoms with Gasteiger partial charge in [0, 0.05) is 12.1 Å². The third kappa shape index (κ3) is 4.41. The molecule has 2 amide bonds. The minimum Gasteiger partial charge on any atom is -0.480 e. The molecule has 0 saturated heterocycles. The molecular weight excluding hydrogens is 436 g/mol. The molecule has 2 heterocycles. The van der Waals surface area contributed by atoms with E-state index in [1.165, 1.54) is 17.6 Å². The van der Waals surface area contributed by atoms with Gasteiger partial charge in [-0.15, -0.1) is 0 Å². The van der Waals surface area contributed by atoms with Crippen LogP contribution in [0.3, 0.4) is 0 Å². The topological polar surface area (TPSA) is 59.5 Å². The monoisotopic (exact) mass is 460 g/mol. The minimum absolute atomic E-state index is 0.0182. The molecule has 4 rings (SSSR count). The van der Waals surface area contributed by atoms with Crippen molar-refractivity contribution in [2.45, 2.75) is 26.2 Å². The van der Waals surface area contributed by atoms with Crippen molar-refractivity contribution in [3.05, 3.63) is 99.7 Å². The predicted molar refractivity (Wildman–Crippen MR) is 130 cm³/mol. The molecule has 1 aliphatic heterocycles. The van der Waals surface area contributed by atoms with Crippen LogP contribution in [0.2, 0.25) is 5.02 Å². The summed E-state index contributed by atoms with van der Waals surface area (Å²) in [4.78, 5) is 31.4. The molecule has 1 aliphatic rings. The van der Waals surface area contributed by atoms with E-state index in [9.17, 15) is 9.59 Å². The van der Waals surface area contributed by atoms with Crippen LogP contribution in [0.5, 0.6) is 5.88 Å². The number of rotatable bonds is 5. The lowest BCUT2D eigenvalue weighted by Gasteiger charge is -2.20. The average Bonchev–Trinajstić information content (AvgIpc) is 3.05. The highest BCUT2D eigenvalue weighted by Gasteiger charge is 2.34. The predicted octanol–water partition coefficient (Wildman–Crippen LogP) is 5.77. The van der Waals surface area contributed by atoms with E-state index in [1.807, 2.05) is 18.2 Å². The molecule has 0 unspecified atom stereocenters. The molecule has 0 atom stereocenters. The number of hydrogen-bond donors (Lipinski definition) is 0. The van der Waals surface area contributed by atoms with Crippen molar-refractivity contribution in [3.8, 4) is 5.88 Å². The molecule has 1 aromatic heterocycles. The minimum atomic E-state index is -0.295. The molecule has 3 aromatic rings. The van der Waals surface area contributed by atoms with E-state index in [1.54, 1.807) is 36.4 Å². The maximum atomic E-state index is 12.8. The molecule has 0 fully saturated rings. The van der Waals surface area contributed by atoms with Gasteiger partial charge in [0.25, 0.3) is 11.8 Å². The fourth-order valence-electron chi connectivity index (χ4n) is 3.82. The Morgan fingerprint density at radius 1 is 0.970 bits per heavy atom. The lowest BCUT2D eigenvalue weighted by molar-refractivity contribution is 0.0672. The first kappa shape index (κ1) is 22.7. The van der Waals surface area contributed by atoms with Crippen LogP contribution in [0.25, 0.3) is 5.57 Å². The molecule has 0 N–H and O–H groups in total. The smallest absolute Gasteiger partial charge is 0.261 e. The SMILES string of the molecule is COc1nc(/C(=C/CN2C(=O)c3ccccc3C2=O)c2ccc(C(C)(C)C)cc2)ccc1Cl. The molecule has 2 aromatic carbocycles. The van der Waals surface area contributed by atoms with Crippen molar-refractivity contribution >= 4 is 29.0 Å². The molecule has 0 aliphatic carbocycles. The molecule has 5 nitrogen and oxygen atoms in total. The summed E-state index contributed by atoms with van der Waals surface area (Å²) in [5.74, 6) is -0.279. The Morgan fingerprint density at radius 2 is 1.58 bits per heavy atom. The summed E-state index contributed by atoms with van der Waals surface area (Å²) in [6.07, 6.45) is 1.85. The Labute approximate surface area is 198 Å². The van der Waals surface area contributed by atoms with Crippen LogP contribution in [0, 0.1) is 0 Å². The van der Waals surface area contributed by atoms with Crippen molar-refractivity contribution in [2.75, 3.05) is 13.7 Å².